The summed E-state index contributed by atoms with van der Waals surface area (Å²) in [5, 5.41) is 13.1. The molecule has 2 heterocycles. The van der Waals surface area contributed by atoms with Gasteiger partial charge in [0.2, 0.25) is 0 Å². The normalized spacial score (nSPS) is 21.1. The van der Waals surface area contributed by atoms with E-state index in [4.69, 9.17) is 4.74 Å². The Kier molecular flexibility index (Phi) is 7.39. The lowest BCUT2D eigenvalue weighted by atomic mass is 10.0. The number of rotatable bonds is 2. The molecule has 0 saturated carbocycles. The van der Waals surface area contributed by atoms with E-state index in [2.05, 4.69) is 17.4 Å². The molecule has 0 radical (unpaired) electrons. The molecular weight excluding hydrogens is 359 g/mol. The Labute approximate surface area is 165 Å². The van der Waals surface area contributed by atoms with Crippen LogP contribution < -0.4 is 5.32 Å². The fraction of sp³-hybridized carbons (Fsp3) is 0.409. The second-order valence-electron chi connectivity index (χ2n) is 7.08. The van der Waals surface area contributed by atoms with Gasteiger partial charge in [-0.15, -0.1) is 0 Å². The van der Waals surface area contributed by atoms with E-state index >= 15 is 0 Å². The Balaban J connectivity index is 0.000000271. The standard InChI is InChI=1S/C16H22N2O3.C6H5F/c19-15-6-3-8-17-14(15)11-21-16(20)18-9-7-12-4-1-2-5-13(12)10-18;7-6-4-2-1-3-5-6/h1-2,4-5,14-15,17,19H,3,6-11H2;1-5H/t14-,15?;/m1./s1. The summed E-state index contributed by atoms with van der Waals surface area (Å²) in [6, 6.07) is 16.0. The molecule has 1 saturated heterocycles. The molecule has 2 aromatic rings. The summed E-state index contributed by atoms with van der Waals surface area (Å²) in [7, 11) is 0. The van der Waals surface area contributed by atoms with Gasteiger partial charge < -0.3 is 20.1 Å². The van der Waals surface area contributed by atoms with Crippen LogP contribution in [0.3, 0.4) is 0 Å². The van der Waals surface area contributed by atoms with E-state index in [-0.39, 0.29) is 24.6 Å². The number of nitrogens with zero attached hydrogens (tertiary/aromatic N) is 1. The second-order valence-corrected chi connectivity index (χ2v) is 7.08. The van der Waals surface area contributed by atoms with Crippen LogP contribution in [0.25, 0.3) is 0 Å². The van der Waals surface area contributed by atoms with Gasteiger partial charge in [0.25, 0.3) is 0 Å². The van der Waals surface area contributed by atoms with Gasteiger partial charge in [-0.05, 0) is 49.1 Å². The number of aliphatic hydroxyl groups is 1. The maximum atomic E-state index is 12.2. The zero-order chi connectivity index (χ0) is 19.8. The molecule has 28 heavy (non-hydrogen) atoms. The number of fused-ring (bicyclic) bond motifs is 1. The van der Waals surface area contributed by atoms with Crippen LogP contribution >= 0.6 is 0 Å². The predicted molar refractivity (Wildman–Crippen MR) is 105 cm³/mol. The lowest BCUT2D eigenvalue weighted by Crippen LogP contribution is -2.49. The number of amides is 1. The monoisotopic (exact) mass is 386 g/mol. The summed E-state index contributed by atoms with van der Waals surface area (Å²) in [6.45, 7) is 2.40. The summed E-state index contributed by atoms with van der Waals surface area (Å²) in [5.74, 6) is -0.178. The van der Waals surface area contributed by atoms with Crippen LogP contribution in [0.5, 0.6) is 0 Å². The largest absolute Gasteiger partial charge is 0.448 e. The van der Waals surface area contributed by atoms with Crippen molar-refractivity contribution in [2.45, 2.75) is 38.0 Å². The van der Waals surface area contributed by atoms with Crippen LogP contribution in [-0.4, -0.2) is 47.9 Å². The van der Waals surface area contributed by atoms with Crippen molar-refractivity contribution in [3.63, 3.8) is 0 Å². The first kappa shape index (κ1) is 20.3. The van der Waals surface area contributed by atoms with Gasteiger partial charge >= 0.3 is 6.09 Å². The Bertz CT molecular complexity index is 756. The van der Waals surface area contributed by atoms with Gasteiger partial charge in [0, 0.05) is 13.1 Å². The van der Waals surface area contributed by atoms with E-state index in [9.17, 15) is 14.3 Å². The minimum atomic E-state index is -0.423. The third kappa shape index (κ3) is 5.78. The van der Waals surface area contributed by atoms with Crippen LogP contribution in [0, 0.1) is 5.82 Å². The molecule has 0 aromatic heterocycles. The molecule has 2 aromatic carbocycles. The molecule has 1 unspecified atom stereocenters. The number of carbonyl (C=O) groups excluding carboxylic acids is 1. The van der Waals surface area contributed by atoms with Gasteiger partial charge in [0.05, 0.1) is 12.1 Å². The highest BCUT2D eigenvalue weighted by molar-refractivity contribution is 5.68. The summed E-state index contributed by atoms with van der Waals surface area (Å²) in [4.78, 5) is 13.9. The molecule has 2 aliphatic rings. The molecule has 2 N–H and O–H groups in total. The van der Waals surface area contributed by atoms with Gasteiger partial charge in [0.1, 0.15) is 12.4 Å². The number of carbonyl (C=O) groups is 1. The average Bonchev–Trinajstić information content (AvgIpc) is 2.73. The minimum Gasteiger partial charge on any atom is -0.448 e. The second kappa shape index (κ2) is 10.2. The molecule has 0 bridgehead atoms. The molecule has 2 atom stereocenters. The quantitative estimate of drug-likeness (QED) is 0.833. The highest BCUT2D eigenvalue weighted by atomic mass is 19.1. The van der Waals surface area contributed by atoms with Crippen LogP contribution in [0.2, 0.25) is 0 Å². The van der Waals surface area contributed by atoms with Crippen molar-refractivity contribution in [2.24, 2.45) is 0 Å². The van der Waals surface area contributed by atoms with Gasteiger partial charge in [-0.2, -0.15) is 0 Å². The van der Waals surface area contributed by atoms with Gasteiger partial charge in [0.15, 0.2) is 0 Å². The van der Waals surface area contributed by atoms with Crippen molar-refractivity contribution in [3.05, 3.63) is 71.5 Å². The van der Waals surface area contributed by atoms with Gasteiger partial charge in [-0.1, -0.05) is 42.5 Å². The van der Waals surface area contributed by atoms with E-state index in [0.717, 1.165) is 25.8 Å². The van der Waals surface area contributed by atoms with Crippen molar-refractivity contribution in [2.75, 3.05) is 19.7 Å². The maximum Gasteiger partial charge on any atom is 0.410 e. The summed E-state index contributed by atoms with van der Waals surface area (Å²) in [5.41, 5.74) is 2.50. The fourth-order valence-corrected chi connectivity index (χ4v) is 3.42. The number of hydrogen-bond donors (Lipinski definition) is 2. The van der Waals surface area contributed by atoms with Crippen molar-refractivity contribution < 1.29 is 19.0 Å². The average molecular weight is 386 g/mol. The number of ether oxygens (including phenoxy) is 1. The van der Waals surface area contributed by atoms with Crippen molar-refractivity contribution in [1.29, 1.82) is 0 Å². The first-order valence-electron chi connectivity index (χ1n) is 9.74. The molecule has 0 aliphatic carbocycles. The maximum absolute atomic E-state index is 12.2. The number of benzene rings is 2. The fourth-order valence-electron chi connectivity index (χ4n) is 3.42. The summed E-state index contributed by atoms with van der Waals surface area (Å²) < 4.78 is 17.3. The molecule has 1 amide bonds. The SMILES string of the molecule is Fc1ccccc1.O=C(OC[C@H]1NCCCC1O)N1CCc2ccccc2C1. The molecule has 6 heteroatoms. The van der Waals surface area contributed by atoms with Crippen LogP contribution in [0.1, 0.15) is 24.0 Å². The highest BCUT2D eigenvalue weighted by Crippen LogP contribution is 2.19. The van der Waals surface area contributed by atoms with Crippen LogP contribution in [-0.2, 0) is 17.7 Å². The molecular formula is C22H27FN2O3. The Morgan fingerprint density at radius 2 is 1.86 bits per heavy atom. The van der Waals surface area contributed by atoms with Crippen LogP contribution in [0.15, 0.2) is 54.6 Å². The number of nitrogens with one attached hydrogen (secondary N) is 1. The molecule has 2 aliphatic heterocycles. The molecule has 4 rings (SSSR count). The first-order valence-corrected chi connectivity index (χ1v) is 9.74. The number of piperidine rings is 1. The lowest BCUT2D eigenvalue weighted by molar-refractivity contribution is 0.0391. The van der Waals surface area contributed by atoms with E-state index in [1.165, 1.54) is 23.3 Å². The van der Waals surface area contributed by atoms with Crippen LogP contribution in [0.4, 0.5) is 9.18 Å². The lowest BCUT2D eigenvalue weighted by Gasteiger charge is -2.31. The molecule has 0 spiro atoms. The third-order valence-electron chi connectivity index (χ3n) is 5.06. The minimum absolute atomic E-state index is 0.139. The van der Waals surface area contributed by atoms with Crippen molar-refractivity contribution >= 4 is 6.09 Å². The smallest absolute Gasteiger partial charge is 0.410 e. The molecule has 150 valence electrons. The van der Waals surface area contributed by atoms with Crippen molar-refractivity contribution in [3.8, 4) is 0 Å². The summed E-state index contributed by atoms with van der Waals surface area (Å²) >= 11 is 0. The summed E-state index contributed by atoms with van der Waals surface area (Å²) in [6.07, 6.45) is 1.90. The Hall–Kier alpha value is -2.44. The third-order valence-corrected chi connectivity index (χ3v) is 5.06. The zero-order valence-corrected chi connectivity index (χ0v) is 15.9. The zero-order valence-electron chi connectivity index (χ0n) is 15.9. The first-order chi connectivity index (χ1) is 13.6. The number of aliphatic hydroxyl groups excluding tert-OH is 1. The Morgan fingerprint density at radius 1 is 1.14 bits per heavy atom. The van der Waals surface area contributed by atoms with E-state index in [0.29, 0.717) is 13.1 Å². The van der Waals surface area contributed by atoms with Crippen molar-refractivity contribution in [1.82, 2.24) is 10.2 Å². The predicted octanol–water partition coefficient (Wildman–Crippen LogP) is 3.12. The Morgan fingerprint density at radius 3 is 2.54 bits per heavy atom. The number of hydrogen-bond acceptors (Lipinski definition) is 4. The van der Waals surface area contributed by atoms with E-state index < -0.39 is 6.10 Å². The topological polar surface area (TPSA) is 61.8 Å². The highest BCUT2D eigenvalue weighted by Gasteiger charge is 2.26. The van der Waals surface area contributed by atoms with Gasteiger partial charge in [-0.3, -0.25) is 0 Å². The van der Waals surface area contributed by atoms with E-state index in [1.807, 2.05) is 12.1 Å². The van der Waals surface area contributed by atoms with Gasteiger partial charge in [-0.25, -0.2) is 9.18 Å². The molecule has 1 fully saturated rings. The number of halogens is 1. The van der Waals surface area contributed by atoms with E-state index in [1.54, 1.807) is 23.1 Å². The molecule has 5 nitrogen and oxygen atoms in total.